The first kappa shape index (κ1) is 35.7. The molecule has 0 atom stereocenters. The van der Waals surface area contributed by atoms with Crippen molar-refractivity contribution in [3.63, 3.8) is 0 Å². The van der Waals surface area contributed by atoms with Crippen LogP contribution in [0.15, 0.2) is 241 Å². The second-order valence-corrected chi connectivity index (χ2v) is 16.1. The topological polar surface area (TPSA) is 16.4 Å². The summed E-state index contributed by atoms with van der Waals surface area (Å²) in [5.74, 6) is 0. The fraction of sp³-hybridized carbons (Fsp3) is 0. The van der Waals surface area contributed by atoms with Gasteiger partial charge >= 0.3 is 0 Å². The van der Waals surface area contributed by atoms with E-state index in [0.29, 0.717) is 0 Å². The van der Waals surface area contributed by atoms with E-state index in [0.717, 1.165) is 50.1 Å². The number of hydrogen-bond acceptors (Lipinski definition) is 2. The summed E-state index contributed by atoms with van der Waals surface area (Å²) >= 11 is 0. The Hall–Kier alpha value is -8.20. The molecule has 11 aromatic carbocycles. The van der Waals surface area contributed by atoms with Gasteiger partial charge in [0.05, 0.1) is 0 Å². The smallest absolute Gasteiger partial charge is 0.136 e. The molecular weight excluding hydrogens is 751 g/mol. The molecule has 1 heterocycles. The second-order valence-electron chi connectivity index (χ2n) is 16.1. The highest BCUT2D eigenvalue weighted by Gasteiger charge is 2.17. The van der Waals surface area contributed by atoms with Gasteiger partial charge < -0.3 is 9.32 Å². The summed E-state index contributed by atoms with van der Waals surface area (Å²) in [6.07, 6.45) is 0. The van der Waals surface area contributed by atoms with Gasteiger partial charge in [0, 0.05) is 27.8 Å². The molecule has 0 unspecified atom stereocenters. The normalized spacial score (nSPS) is 11.5. The fourth-order valence-corrected chi connectivity index (χ4v) is 9.39. The summed E-state index contributed by atoms with van der Waals surface area (Å²) in [7, 11) is 0. The molecule has 0 saturated heterocycles. The van der Waals surface area contributed by atoms with Crippen molar-refractivity contribution in [2.75, 3.05) is 4.90 Å². The molecule has 0 aliphatic carbocycles. The Morgan fingerprint density at radius 2 is 0.774 bits per heavy atom. The van der Waals surface area contributed by atoms with E-state index in [1.54, 1.807) is 0 Å². The molecule has 0 aliphatic heterocycles. The van der Waals surface area contributed by atoms with Crippen molar-refractivity contribution >= 4 is 71.3 Å². The van der Waals surface area contributed by atoms with Crippen LogP contribution in [0.1, 0.15) is 0 Å². The van der Waals surface area contributed by atoms with E-state index in [1.807, 2.05) is 12.1 Å². The van der Waals surface area contributed by atoms with Crippen molar-refractivity contribution in [2.45, 2.75) is 0 Å². The molecule has 2 heteroatoms. The van der Waals surface area contributed by atoms with Gasteiger partial charge in [0.25, 0.3) is 0 Å². The van der Waals surface area contributed by atoms with E-state index in [-0.39, 0.29) is 0 Å². The lowest BCUT2D eigenvalue weighted by molar-refractivity contribution is 0.669. The maximum absolute atomic E-state index is 6.30. The Morgan fingerprint density at radius 3 is 1.55 bits per heavy atom. The number of para-hydroxylation sites is 1. The van der Waals surface area contributed by atoms with Crippen LogP contribution in [0.25, 0.3) is 98.8 Å². The minimum absolute atomic E-state index is 0.893. The summed E-state index contributed by atoms with van der Waals surface area (Å²) in [5.41, 5.74) is 14.5. The van der Waals surface area contributed by atoms with E-state index in [9.17, 15) is 0 Å². The van der Waals surface area contributed by atoms with Gasteiger partial charge in [0.2, 0.25) is 0 Å². The van der Waals surface area contributed by atoms with Crippen molar-refractivity contribution in [3.05, 3.63) is 237 Å². The molecule has 0 bridgehead atoms. The molecule has 0 radical (unpaired) electrons. The Bertz CT molecular complexity index is 3610. The highest BCUT2D eigenvalue weighted by molar-refractivity contribution is 6.13. The van der Waals surface area contributed by atoms with Crippen LogP contribution in [-0.2, 0) is 0 Å². The van der Waals surface area contributed by atoms with Crippen LogP contribution < -0.4 is 4.90 Å². The lowest BCUT2D eigenvalue weighted by atomic mass is 9.96. The predicted molar refractivity (Wildman–Crippen MR) is 263 cm³/mol. The number of benzene rings is 11. The molecule has 0 spiro atoms. The van der Waals surface area contributed by atoms with Crippen molar-refractivity contribution in [2.24, 2.45) is 0 Å². The Kier molecular flexibility index (Phi) is 8.53. The van der Waals surface area contributed by atoms with Crippen LogP contribution in [0.3, 0.4) is 0 Å². The van der Waals surface area contributed by atoms with Gasteiger partial charge in [-0.15, -0.1) is 0 Å². The van der Waals surface area contributed by atoms with E-state index < -0.39 is 0 Å². The predicted octanol–water partition coefficient (Wildman–Crippen LogP) is 17.2. The third-order valence-corrected chi connectivity index (χ3v) is 12.5. The van der Waals surface area contributed by atoms with Crippen molar-refractivity contribution in [3.8, 4) is 44.5 Å². The minimum Gasteiger partial charge on any atom is -0.456 e. The number of rotatable bonds is 7. The van der Waals surface area contributed by atoms with Crippen LogP contribution in [0, 0.1) is 0 Å². The number of hydrogen-bond donors (Lipinski definition) is 0. The first-order valence-corrected chi connectivity index (χ1v) is 21.2. The molecular formula is C60H39NO. The van der Waals surface area contributed by atoms with Crippen molar-refractivity contribution in [1.82, 2.24) is 0 Å². The SMILES string of the molecule is c1cc(-c2cccc3oc4ccccc4c23)cc(N(c2ccc(-c3ccc(-c4ccc5c(ccc6ccccc65)c4)cc3)cc2)c2ccc(-c3cccc4ccccc34)cc2)c1. The minimum atomic E-state index is 0.893. The van der Waals surface area contributed by atoms with Crippen LogP contribution in [-0.4, -0.2) is 0 Å². The number of furan rings is 1. The third-order valence-electron chi connectivity index (χ3n) is 12.5. The quantitative estimate of drug-likeness (QED) is 0.150. The standard InChI is InChI=1S/C60H39NO/c1-3-15-52-43(10-1)12-8-18-54(52)45-30-35-50(36-31-45)61(51-14-7-13-47(39-51)56-19-9-21-59-60(56)57-17-5-6-20-58(57)62-59)49-33-28-41(29-34-49)40-22-24-42(25-23-40)46-32-37-55-48(38-46)27-26-44-11-2-4-16-53(44)55/h1-39H. The summed E-state index contributed by atoms with van der Waals surface area (Å²) in [4.78, 5) is 2.36. The Balaban J connectivity index is 0.911. The molecule has 0 saturated carbocycles. The molecule has 12 rings (SSSR count). The maximum Gasteiger partial charge on any atom is 0.136 e. The third kappa shape index (κ3) is 6.20. The van der Waals surface area contributed by atoms with Gasteiger partial charge in [-0.3, -0.25) is 0 Å². The van der Waals surface area contributed by atoms with Gasteiger partial charge in [-0.25, -0.2) is 0 Å². The molecule has 0 amide bonds. The first-order valence-electron chi connectivity index (χ1n) is 21.2. The van der Waals surface area contributed by atoms with E-state index >= 15 is 0 Å². The molecule has 62 heavy (non-hydrogen) atoms. The van der Waals surface area contributed by atoms with Crippen molar-refractivity contribution < 1.29 is 4.42 Å². The zero-order valence-corrected chi connectivity index (χ0v) is 33.9. The zero-order valence-electron chi connectivity index (χ0n) is 33.9. The van der Waals surface area contributed by atoms with Gasteiger partial charge in [-0.2, -0.15) is 0 Å². The summed E-state index contributed by atoms with van der Waals surface area (Å²) in [6, 6.07) is 85.5. The van der Waals surface area contributed by atoms with E-state index in [1.165, 1.54) is 65.7 Å². The van der Waals surface area contributed by atoms with Crippen molar-refractivity contribution in [1.29, 1.82) is 0 Å². The summed E-state index contributed by atoms with van der Waals surface area (Å²) < 4.78 is 6.30. The van der Waals surface area contributed by atoms with Gasteiger partial charge in [0.1, 0.15) is 11.2 Å². The molecule has 0 aliphatic rings. The maximum atomic E-state index is 6.30. The molecule has 0 fully saturated rings. The monoisotopic (exact) mass is 789 g/mol. The molecule has 2 nitrogen and oxygen atoms in total. The van der Waals surface area contributed by atoms with Crippen LogP contribution in [0.4, 0.5) is 17.1 Å². The first-order chi connectivity index (χ1) is 30.7. The number of anilines is 3. The average Bonchev–Trinajstić information content (AvgIpc) is 3.73. The number of fused-ring (bicyclic) bond motifs is 7. The number of nitrogens with zero attached hydrogens (tertiary/aromatic N) is 1. The van der Waals surface area contributed by atoms with Crippen LogP contribution in [0.2, 0.25) is 0 Å². The lowest BCUT2D eigenvalue weighted by Gasteiger charge is -2.26. The Labute approximate surface area is 360 Å². The average molecular weight is 790 g/mol. The van der Waals surface area contributed by atoms with Gasteiger partial charge in [-0.05, 0) is 131 Å². The van der Waals surface area contributed by atoms with Gasteiger partial charge in [-0.1, -0.05) is 182 Å². The van der Waals surface area contributed by atoms with Gasteiger partial charge in [0.15, 0.2) is 0 Å². The fourth-order valence-electron chi connectivity index (χ4n) is 9.39. The second kappa shape index (κ2) is 14.8. The lowest BCUT2D eigenvalue weighted by Crippen LogP contribution is -2.10. The molecule has 0 N–H and O–H groups in total. The highest BCUT2D eigenvalue weighted by atomic mass is 16.3. The Morgan fingerprint density at radius 1 is 0.258 bits per heavy atom. The molecule has 1 aromatic heterocycles. The molecule has 290 valence electrons. The van der Waals surface area contributed by atoms with Crippen LogP contribution >= 0.6 is 0 Å². The zero-order chi connectivity index (χ0) is 41.0. The largest absolute Gasteiger partial charge is 0.456 e. The summed E-state index contributed by atoms with van der Waals surface area (Å²) in [6.45, 7) is 0. The molecule has 12 aromatic rings. The van der Waals surface area contributed by atoms with E-state index in [4.69, 9.17) is 4.42 Å². The van der Waals surface area contributed by atoms with E-state index in [2.05, 4.69) is 229 Å². The summed E-state index contributed by atoms with van der Waals surface area (Å²) in [5, 5.41) is 9.86. The van der Waals surface area contributed by atoms with Crippen LogP contribution in [0.5, 0.6) is 0 Å². The highest BCUT2D eigenvalue weighted by Crippen LogP contribution is 2.42.